The van der Waals surface area contributed by atoms with Crippen LogP contribution < -0.4 is 0 Å². The van der Waals surface area contributed by atoms with Crippen LogP contribution in [0.4, 0.5) is 0 Å². The third-order valence-corrected chi connectivity index (χ3v) is 6.47. The van der Waals surface area contributed by atoms with Gasteiger partial charge in [-0.25, -0.2) is 4.98 Å². The smallest absolute Gasteiger partial charge is 0.145 e. The van der Waals surface area contributed by atoms with Gasteiger partial charge < -0.3 is 0 Å². The second-order valence-electron chi connectivity index (χ2n) is 8.32. The minimum Gasteiger partial charge on any atom is -0.293 e. The van der Waals surface area contributed by atoms with Gasteiger partial charge in [0.1, 0.15) is 5.65 Å². The highest BCUT2D eigenvalue weighted by Gasteiger charge is 2.17. The first kappa shape index (κ1) is 18.1. The van der Waals surface area contributed by atoms with E-state index in [1.807, 2.05) is 24.5 Å². The van der Waals surface area contributed by atoms with E-state index in [2.05, 4.69) is 95.6 Å². The Morgan fingerprint density at radius 3 is 2.30 bits per heavy atom. The SMILES string of the molecule is c1ccc(-c2ccc3c(c2)c2cccnc2n3-c2cccc3ccc4cccnc4c23)cc1. The topological polar surface area (TPSA) is 30.7 Å². The van der Waals surface area contributed by atoms with Gasteiger partial charge in [-0.3, -0.25) is 9.55 Å². The van der Waals surface area contributed by atoms with Crippen LogP contribution in [-0.4, -0.2) is 14.5 Å². The fourth-order valence-electron chi connectivity index (χ4n) is 4.98. The molecule has 7 rings (SSSR count). The number of aromatic nitrogens is 3. The van der Waals surface area contributed by atoms with E-state index in [0.29, 0.717) is 0 Å². The van der Waals surface area contributed by atoms with Crippen LogP contribution in [0.15, 0.2) is 116 Å². The molecule has 3 aromatic heterocycles. The molecule has 7 aromatic rings. The summed E-state index contributed by atoms with van der Waals surface area (Å²) in [7, 11) is 0. The first-order valence-corrected chi connectivity index (χ1v) is 11.1. The minimum atomic E-state index is 0.957. The molecule has 3 heterocycles. The first-order chi connectivity index (χ1) is 16.4. The standard InChI is InChI=1S/C30H19N3/c1-2-7-20(8-3-1)23-15-16-26-25(19-23)24-11-6-18-32-30(24)33(26)27-12-4-9-21-13-14-22-10-5-17-31-29(22)28(21)27/h1-19H. The third-order valence-electron chi connectivity index (χ3n) is 6.47. The van der Waals surface area contributed by atoms with Gasteiger partial charge in [-0.2, -0.15) is 0 Å². The molecule has 0 fully saturated rings. The Morgan fingerprint density at radius 2 is 1.36 bits per heavy atom. The highest BCUT2D eigenvalue weighted by atomic mass is 15.0. The van der Waals surface area contributed by atoms with Crippen LogP contribution in [0.1, 0.15) is 0 Å². The van der Waals surface area contributed by atoms with E-state index in [1.165, 1.54) is 21.9 Å². The van der Waals surface area contributed by atoms with E-state index >= 15 is 0 Å². The van der Waals surface area contributed by atoms with Crippen molar-refractivity contribution < 1.29 is 0 Å². The van der Waals surface area contributed by atoms with Crippen LogP contribution in [-0.2, 0) is 0 Å². The Labute approximate surface area is 190 Å². The van der Waals surface area contributed by atoms with E-state index in [9.17, 15) is 0 Å². The lowest BCUT2D eigenvalue weighted by atomic mass is 10.0. The van der Waals surface area contributed by atoms with Crippen LogP contribution in [0.5, 0.6) is 0 Å². The number of nitrogens with zero attached hydrogens (tertiary/aromatic N) is 3. The predicted octanol–water partition coefficient (Wildman–Crippen LogP) is 7.55. The summed E-state index contributed by atoms with van der Waals surface area (Å²) < 4.78 is 2.29. The molecule has 154 valence electrons. The maximum absolute atomic E-state index is 4.83. The molecule has 0 bridgehead atoms. The van der Waals surface area contributed by atoms with Crippen LogP contribution >= 0.6 is 0 Å². The zero-order valence-corrected chi connectivity index (χ0v) is 17.8. The van der Waals surface area contributed by atoms with Gasteiger partial charge in [-0.05, 0) is 52.9 Å². The summed E-state index contributed by atoms with van der Waals surface area (Å²) in [6.45, 7) is 0. The van der Waals surface area contributed by atoms with Crippen molar-refractivity contribution in [2.75, 3.05) is 0 Å². The highest BCUT2D eigenvalue weighted by Crippen LogP contribution is 2.37. The van der Waals surface area contributed by atoms with Crippen molar-refractivity contribution in [3.05, 3.63) is 116 Å². The molecular weight excluding hydrogens is 402 g/mol. The Bertz CT molecular complexity index is 1810. The monoisotopic (exact) mass is 421 g/mol. The minimum absolute atomic E-state index is 0.957. The zero-order valence-electron chi connectivity index (χ0n) is 17.8. The maximum Gasteiger partial charge on any atom is 0.145 e. The largest absolute Gasteiger partial charge is 0.293 e. The molecular formula is C30H19N3. The second kappa shape index (κ2) is 7.01. The van der Waals surface area contributed by atoms with Crippen LogP contribution in [0.25, 0.3) is 60.4 Å². The highest BCUT2D eigenvalue weighted by molar-refractivity contribution is 6.14. The average molecular weight is 422 g/mol. The van der Waals surface area contributed by atoms with Crippen molar-refractivity contribution in [2.24, 2.45) is 0 Å². The van der Waals surface area contributed by atoms with Gasteiger partial charge in [0, 0.05) is 33.9 Å². The summed E-state index contributed by atoms with van der Waals surface area (Å²) in [6.07, 6.45) is 3.74. The van der Waals surface area contributed by atoms with Gasteiger partial charge in [-0.1, -0.05) is 66.7 Å². The Hall–Kier alpha value is -4.50. The van der Waals surface area contributed by atoms with Crippen LogP contribution in [0.2, 0.25) is 0 Å². The van der Waals surface area contributed by atoms with E-state index in [-0.39, 0.29) is 0 Å². The van der Waals surface area contributed by atoms with Crippen molar-refractivity contribution in [1.82, 2.24) is 14.5 Å². The lowest BCUT2D eigenvalue weighted by Crippen LogP contribution is -1.97. The molecule has 0 saturated heterocycles. The number of hydrogen-bond acceptors (Lipinski definition) is 2. The Kier molecular flexibility index (Phi) is 3.84. The van der Waals surface area contributed by atoms with E-state index in [4.69, 9.17) is 9.97 Å². The molecule has 0 aliphatic heterocycles. The summed E-state index contributed by atoms with van der Waals surface area (Å²) in [5.41, 5.74) is 6.63. The summed E-state index contributed by atoms with van der Waals surface area (Å²) in [4.78, 5) is 9.59. The van der Waals surface area contributed by atoms with Crippen molar-refractivity contribution in [3.8, 4) is 16.8 Å². The van der Waals surface area contributed by atoms with Gasteiger partial charge in [0.15, 0.2) is 0 Å². The normalized spacial score (nSPS) is 11.6. The van der Waals surface area contributed by atoms with Crippen molar-refractivity contribution in [2.45, 2.75) is 0 Å². The van der Waals surface area contributed by atoms with Crippen molar-refractivity contribution in [1.29, 1.82) is 0 Å². The lowest BCUT2D eigenvalue weighted by Gasteiger charge is -2.13. The maximum atomic E-state index is 4.83. The number of fused-ring (bicyclic) bond motifs is 6. The van der Waals surface area contributed by atoms with Crippen LogP contribution in [0.3, 0.4) is 0 Å². The number of rotatable bonds is 2. The number of hydrogen-bond donors (Lipinski definition) is 0. The van der Waals surface area contributed by atoms with Gasteiger partial charge in [0.05, 0.1) is 16.7 Å². The van der Waals surface area contributed by atoms with Gasteiger partial charge in [0.25, 0.3) is 0 Å². The quantitative estimate of drug-likeness (QED) is 0.270. The first-order valence-electron chi connectivity index (χ1n) is 11.1. The molecule has 0 radical (unpaired) electrons. The van der Waals surface area contributed by atoms with Gasteiger partial charge in [-0.15, -0.1) is 0 Å². The van der Waals surface area contributed by atoms with Gasteiger partial charge >= 0.3 is 0 Å². The summed E-state index contributed by atoms with van der Waals surface area (Å²) in [6, 6.07) is 36.3. The summed E-state index contributed by atoms with van der Waals surface area (Å²) >= 11 is 0. The molecule has 0 atom stereocenters. The summed E-state index contributed by atoms with van der Waals surface area (Å²) in [5, 5.41) is 5.80. The second-order valence-corrected chi connectivity index (χ2v) is 8.32. The molecule has 0 N–H and O–H groups in total. The predicted molar refractivity (Wildman–Crippen MR) is 137 cm³/mol. The van der Waals surface area contributed by atoms with Crippen molar-refractivity contribution >= 4 is 43.6 Å². The zero-order chi connectivity index (χ0) is 21.8. The molecule has 4 aromatic carbocycles. The average Bonchev–Trinajstić information content (AvgIpc) is 3.22. The lowest BCUT2D eigenvalue weighted by molar-refractivity contribution is 1.15. The number of pyridine rings is 2. The van der Waals surface area contributed by atoms with E-state index < -0.39 is 0 Å². The van der Waals surface area contributed by atoms with E-state index in [1.54, 1.807) is 0 Å². The number of benzene rings is 4. The molecule has 3 nitrogen and oxygen atoms in total. The molecule has 0 aliphatic rings. The van der Waals surface area contributed by atoms with Crippen LogP contribution in [0, 0.1) is 0 Å². The molecule has 0 unspecified atom stereocenters. The Balaban J connectivity index is 1.62. The summed E-state index contributed by atoms with van der Waals surface area (Å²) in [5.74, 6) is 0. The Morgan fingerprint density at radius 1 is 0.545 bits per heavy atom. The third kappa shape index (κ3) is 2.69. The molecule has 0 spiro atoms. The molecule has 0 saturated carbocycles. The van der Waals surface area contributed by atoms with E-state index in [0.717, 1.165) is 38.5 Å². The fraction of sp³-hybridized carbons (Fsp3) is 0. The fourth-order valence-corrected chi connectivity index (χ4v) is 4.98. The van der Waals surface area contributed by atoms with Gasteiger partial charge in [0.2, 0.25) is 0 Å². The molecule has 3 heteroatoms. The molecule has 33 heavy (non-hydrogen) atoms. The van der Waals surface area contributed by atoms with Crippen molar-refractivity contribution in [3.63, 3.8) is 0 Å². The molecule has 0 amide bonds. The molecule has 0 aliphatic carbocycles.